The molecule has 0 bridgehead atoms. The molecular formula is C23H26F2N4O. The molecule has 4 rings (SSSR count). The minimum absolute atomic E-state index is 0.00687. The Morgan fingerprint density at radius 3 is 2.63 bits per heavy atom. The van der Waals surface area contributed by atoms with Gasteiger partial charge in [0.05, 0.1) is 11.5 Å². The summed E-state index contributed by atoms with van der Waals surface area (Å²) in [5.41, 5.74) is 6.86. The van der Waals surface area contributed by atoms with Gasteiger partial charge < -0.3 is 11.1 Å². The molecule has 2 aromatic rings. The van der Waals surface area contributed by atoms with E-state index in [1.807, 2.05) is 0 Å². The number of hydrogen-bond acceptors (Lipinski definition) is 4. The minimum atomic E-state index is -1.17. The number of aliphatic imine (C=N–C) groups is 1. The number of aryl methyl sites for hydroxylation is 1. The number of hydrogen-bond donors (Lipinski definition) is 2. The molecule has 1 amide bonds. The van der Waals surface area contributed by atoms with Crippen LogP contribution in [-0.2, 0) is 16.8 Å². The normalized spacial score (nSPS) is 25.1. The van der Waals surface area contributed by atoms with E-state index < -0.39 is 16.8 Å². The van der Waals surface area contributed by atoms with E-state index in [0.29, 0.717) is 11.3 Å². The van der Waals surface area contributed by atoms with Crippen molar-refractivity contribution >= 4 is 17.6 Å². The second kappa shape index (κ2) is 6.79. The van der Waals surface area contributed by atoms with Gasteiger partial charge in [0.15, 0.2) is 5.96 Å². The number of fused-ring (bicyclic) bond motifs is 1. The molecular weight excluding hydrogens is 386 g/mol. The first kappa shape index (κ1) is 20.3. The van der Waals surface area contributed by atoms with Gasteiger partial charge in [0, 0.05) is 18.3 Å². The topological polar surface area (TPSA) is 70.7 Å². The molecule has 158 valence electrons. The molecule has 7 heteroatoms. The molecule has 0 fully saturated rings. The van der Waals surface area contributed by atoms with Crippen LogP contribution in [0.15, 0.2) is 41.4 Å². The zero-order valence-corrected chi connectivity index (χ0v) is 17.6. The van der Waals surface area contributed by atoms with E-state index in [9.17, 15) is 13.6 Å². The van der Waals surface area contributed by atoms with E-state index in [1.54, 1.807) is 52.1 Å². The molecule has 5 nitrogen and oxygen atoms in total. The lowest BCUT2D eigenvalue weighted by Crippen LogP contribution is -2.58. The zero-order valence-electron chi connectivity index (χ0n) is 17.6. The Kier molecular flexibility index (Phi) is 4.60. The summed E-state index contributed by atoms with van der Waals surface area (Å²) in [5, 5.41) is 3.43. The molecule has 0 saturated heterocycles. The van der Waals surface area contributed by atoms with E-state index in [-0.39, 0.29) is 23.7 Å². The molecule has 2 atom stereocenters. The van der Waals surface area contributed by atoms with Crippen molar-refractivity contribution in [3.63, 3.8) is 0 Å². The lowest BCUT2D eigenvalue weighted by atomic mass is 9.67. The average Bonchev–Trinajstić information content (AvgIpc) is 3.08. The summed E-state index contributed by atoms with van der Waals surface area (Å²) in [6.07, 6.45) is 1.61. The van der Waals surface area contributed by atoms with Crippen molar-refractivity contribution in [3.8, 4) is 0 Å². The first-order chi connectivity index (χ1) is 14.0. The van der Waals surface area contributed by atoms with Crippen LogP contribution in [0.1, 0.15) is 49.9 Å². The van der Waals surface area contributed by atoms with Crippen molar-refractivity contribution in [1.29, 1.82) is 0 Å². The number of anilines is 1. The number of carbonyl (C=O) groups is 1. The number of halogens is 2. The van der Waals surface area contributed by atoms with Gasteiger partial charge in [-0.05, 0) is 75.1 Å². The third kappa shape index (κ3) is 2.95. The maximum absolute atomic E-state index is 15.0. The number of rotatable bonds is 3. The maximum Gasteiger partial charge on any atom is 0.237 e. The lowest BCUT2D eigenvalue weighted by molar-refractivity contribution is -0.140. The molecule has 3 N–H and O–H groups in total. The quantitative estimate of drug-likeness (QED) is 0.798. The van der Waals surface area contributed by atoms with Crippen molar-refractivity contribution in [2.24, 2.45) is 16.1 Å². The molecule has 1 aliphatic heterocycles. The minimum Gasteiger partial charge on any atom is -0.378 e. The van der Waals surface area contributed by atoms with Gasteiger partial charge in [-0.2, -0.15) is 0 Å². The molecule has 1 aliphatic carbocycles. The van der Waals surface area contributed by atoms with Crippen molar-refractivity contribution < 1.29 is 13.6 Å². The number of nitrogens with zero attached hydrogens (tertiary/aromatic N) is 2. The first-order valence-corrected chi connectivity index (χ1v) is 10.0. The fraction of sp³-hybridized carbons (Fsp3) is 0.391. The van der Waals surface area contributed by atoms with Gasteiger partial charge in [0.2, 0.25) is 5.91 Å². The monoisotopic (exact) mass is 412 g/mol. The van der Waals surface area contributed by atoms with Gasteiger partial charge in [-0.25, -0.2) is 13.8 Å². The smallest absolute Gasteiger partial charge is 0.237 e. The Labute approximate surface area is 175 Å². The SMILES string of the molecule is CN1C(=O)C(C)(C)C(C)(c2cc(NC3CCc4cc(F)ccc43)ccc2F)N=C1N. The van der Waals surface area contributed by atoms with Crippen molar-refractivity contribution in [3.05, 3.63) is 64.7 Å². The van der Waals surface area contributed by atoms with Gasteiger partial charge in [0.1, 0.15) is 17.2 Å². The van der Waals surface area contributed by atoms with Gasteiger partial charge in [-0.1, -0.05) is 6.07 Å². The van der Waals surface area contributed by atoms with E-state index >= 15 is 0 Å². The summed E-state index contributed by atoms with van der Waals surface area (Å²) < 4.78 is 28.5. The second-order valence-corrected chi connectivity index (χ2v) is 8.80. The van der Waals surface area contributed by atoms with Crippen LogP contribution in [0.2, 0.25) is 0 Å². The summed E-state index contributed by atoms with van der Waals surface area (Å²) in [6, 6.07) is 9.58. The van der Waals surface area contributed by atoms with Gasteiger partial charge in [-0.15, -0.1) is 0 Å². The molecule has 0 aromatic heterocycles. The molecule has 0 spiro atoms. The molecule has 0 radical (unpaired) electrons. The molecule has 30 heavy (non-hydrogen) atoms. The molecule has 2 unspecified atom stereocenters. The van der Waals surface area contributed by atoms with E-state index in [4.69, 9.17) is 5.73 Å². The van der Waals surface area contributed by atoms with Crippen LogP contribution in [-0.4, -0.2) is 23.8 Å². The van der Waals surface area contributed by atoms with E-state index in [2.05, 4.69) is 10.3 Å². The van der Waals surface area contributed by atoms with Crippen molar-refractivity contribution in [2.75, 3.05) is 12.4 Å². The highest BCUT2D eigenvalue weighted by Gasteiger charge is 2.53. The van der Waals surface area contributed by atoms with E-state index in [0.717, 1.165) is 24.0 Å². The average molecular weight is 412 g/mol. The Balaban J connectivity index is 1.72. The maximum atomic E-state index is 15.0. The highest BCUT2D eigenvalue weighted by atomic mass is 19.1. The third-order valence-corrected chi connectivity index (χ3v) is 6.75. The predicted molar refractivity (Wildman–Crippen MR) is 113 cm³/mol. The lowest BCUT2D eigenvalue weighted by Gasteiger charge is -2.46. The first-order valence-electron chi connectivity index (χ1n) is 10.0. The van der Waals surface area contributed by atoms with Crippen LogP contribution in [0.25, 0.3) is 0 Å². The number of guanidine groups is 1. The summed E-state index contributed by atoms with van der Waals surface area (Å²) in [7, 11) is 1.57. The molecule has 2 aromatic carbocycles. The number of carbonyl (C=O) groups excluding carboxylic acids is 1. The molecule has 1 heterocycles. The van der Waals surface area contributed by atoms with Gasteiger partial charge in [-0.3, -0.25) is 9.69 Å². The van der Waals surface area contributed by atoms with Crippen LogP contribution in [0, 0.1) is 17.0 Å². The van der Waals surface area contributed by atoms with Crippen LogP contribution < -0.4 is 11.1 Å². The number of benzene rings is 2. The fourth-order valence-corrected chi connectivity index (χ4v) is 4.50. The Morgan fingerprint density at radius 2 is 1.90 bits per heavy atom. The Bertz CT molecular complexity index is 1070. The highest BCUT2D eigenvalue weighted by Crippen LogP contribution is 2.48. The van der Waals surface area contributed by atoms with Gasteiger partial charge >= 0.3 is 0 Å². The van der Waals surface area contributed by atoms with Crippen LogP contribution in [0.5, 0.6) is 0 Å². The van der Waals surface area contributed by atoms with E-state index in [1.165, 1.54) is 17.0 Å². The summed E-state index contributed by atoms with van der Waals surface area (Å²) in [6.45, 7) is 5.24. The Morgan fingerprint density at radius 1 is 1.17 bits per heavy atom. The summed E-state index contributed by atoms with van der Waals surface area (Å²) in [5.74, 6) is -0.844. The zero-order chi connectivity index (χ0) is 21.8. The second-order valence-electron chi connectivity index (χ2n) is 8.80. The van der Waals surface area contributed by atoms with Gasteiger partial charge in [0.25, 0.3) is 0 Å². The van der Waals surface area contributed by atoms with Crippen molar-refractivity contribution in [2.45, 2.75) is 45.2 Å². The Hall–Kier alpha value is -2.96. The van der Waals surface area contributed by atoms with Crippen molar-refractivity contribution in [1.82, 2.24) is 4.90 Å². The number of nitrogens with two attached hydrogens (primary N) is 1. The highest BCUT2D eigenvalue weighted by molar-refractivity contribution is 6.01. The number of nitrogens with one attached hydrogen (secondary N) is 1. The fourth-order valence-electron chi connectivity index (χ4n) is 4.50. The largest absolute Gasteiger partial charge is 0.378 e. The summed E-state index contributed by atoms with van der Waals surface area (Å²) >= 11 is 0. The predicted octanol–water partition coefficient (Wildman–Crippen LogP) is 4.09. The third-order valence-electron chi connectivity index (χ3n) is 6.75. The van der Waals surface area contributed by atoms with Crippen LogP contribution in [0.4, 0.5) is 14.5 Å². The summed E-state index contributed by atoms with van der Waals surface area (Å²) in [4.78, 5) is 18.7. The number of amides is 1. The van der Waals surface area contributed by atoms with Crippen LogP contribution >= 0.6 is 0 Å². The standard InChI is InChI=1S/C23H26F2N4O/c1-22(2)20(30)29(4)21(26)28-23(22,3)17-12-15(7-9-18(17)25)27-19-10-5-13-11-14(24)6-8-16(13)19/h6-9,11-12,19,27H,5,10H2,1-4H3,(H2,26,28). The molecule has 2 aliphatic rings. The van der Waals surface area contributed by atoms with Crippen LogP contribution in [0.3, 0.4) is 0 Å². The molecule has 0 saturated carbocycles.